The zero-order chi connectivity index (χ0) is 23.3. The van der Waals surface area contributed by atoms with Crippen LogP contribution in [0.2, 0.25) is 0 Å². The van der Waals surface area contributed by atoms with E-state index in [0.29, 0.717) is 17.2 Å². The number of oxime groups is 1. The maximum Gasteiger partial charge on any atom is 0.222 e. The fraction of sp³-hybridized carbons (Fsp3) is 0.227. The zero-order valence-electron chi connectivity index (χ0n) is 17.9. The zero-order valence-corrected chi connectivity index (χ0v) is 18.8. The first kappa shape index (κ1) is 23.0. The number of nitrogens with one attached hydrogen (secondary N) is 1. The number of ether oxygens (including phenoxy) is 1. The molecule has 10 heteroatoms. The molecule has 168 valence electrons. The molecule has 32 heavy (non-hydrogen) atoms. The average Bonchev–Trinajstić information content (AvgIpc) is 3.10. The fourth-order valence-corrected chi connectivity index (χ4v) is 4.26. The highest BCUT2D eigenvalue weighted by Crippen LogP contribution is 2.28. The lowest BCUT2D eigenvalue weighted by Gasteiger charge is -2.12. The molecule has 2 N–H and O–H groups in total. The Balaban J connectivity index is 1.80. The lowest BCUT2D eigenvalue weighted by Crippen LogP contribution is -2.22. The van der Waals surface area contributed by atoms with Gasteiger partial charge in [0, 0.05) is 19.4 Å². The van der Waals surface area contributed by atoms with Crippen LogP contribution >= 0.6 is 0 Å². The molecule has 0 aliphatic rings. The van der Waals surface area contributed by atoms with Crippen LogP contribution in [0.15, 0.2) is 64.6 Å². The third-order valence-corrected chi connectivity index (χ3v) is 6.29. The van der Waals surface area contributed by atoms with Gasteiger partial charge in [0.05, 0.1) is 16.3 Å². The minimum absolute atomic E-state index is 0.0155. The van der Waals surface area contributed by atoms with Crippen LogP contribution < -0.4 is 10.1 Å². The van der Waals surface area contributed by atoms with Crippen LogP contribution in [0.25, 0.3) is 0 Å². The number of nitrogens with zero attached hydrogens (tertiary/aromatic N) is 3. The quantitative estimate of drug-likeness (QED) is 0.242. The minimum atomic E-state index is -3.73. The first-order valence-electron chi connectivity index (χ1n) is 9.81. The normalized spacial score (nSPS) is 11.9. The van der Waals surface area contributed by atoms with E-state index in [1.807, 2.05) is 25.1 Å². The number of carbonyl (C=O) groups is 1. The number of aromatic nitrogens is 2. The summed E-state index contributed by atoms with van der Waals surface area (Å²) in [5.41, 5.74) is 1.36. The van der Waals surface area contributed by atoms with Crippen LogP contribution in [-0.4, -0.2) is 40.9 Å². The van der Waals surface area contributed by atoms with E-state index in [1.165, 1.54) is 23.7 Å². The van der Waals surface area contributed by atoms with Crippen molar-refractivity contribution in [3.63, 3.8) is 0 Å². The number of aryl methyl sites for hydroxylation is 2. The van der Waals surface area contributed by atoms with E-state index in [4.69, 9.17) is 4.74 Å². The molecule has 0 spiro atoms. The summed E-state index contributed by atoms with van der Waals surface area (Å²) in [7, 11) is -3.73. The second kappa shape index (κ2) is 9.65. The third-order valence-electron chi connectivity index (χ3n) is 4.58. The highest BCUT2D eigenvalue weighted by atomic mass is 32.2. The van der Waals surface area contributed by atoms with Gasteiger partial charge in [0.2, 0.25) is 5.91 Å². The van der Waals surface area contributed by atoms with Gasteiger partial charge in [0.1, 0.15) is 17.3 Å². The van der Waals surface area contributed by atoms with Crippen molar-refractivity contribution in [2.45, 2.75) is 32.1 Å². The Morgan fingerprint density at radius 1 is 1.16 bits per heavy atom. The van der Waals surface area contributed by atoms with Gasteiger partial charge in [-0.3, -0.25) is 4.79 Å². The van der Waals surface area contributed by atoms with Gasteiger partial charge in [-0.2, -0.15) is 9.78 Å². The molecule has 1 aromatic heterocycles. The lowest BCUT2D eigenvalue weighted by atomic mass is 10.2. The van der Waals surface area contributed by atoms with Crippen LogP contribution in [0.5, 0.6) is 11.5 Å². The Morgan fingerprint density at radius 3 is 2.53 bits per heavy atom. The van der Waals surface area contributed by atoms with Crippen molar-refractivity contribution < 1.29 is 23.2 Å². The SMILES string of the molecule is CC(=O)Nc1cc(C)nn1C(CCS(=O)(=O)c1ccc(C)c(Oc2ccccc2)c1)=NO. The van der Waals surface area contributed by atoms with Crippen LogP contribution in [0.1, 0.15) is 24.6 Å². The number of carbonyl (C=O) groups excluding carboxylic acids is 1. The Bertz CT molecular complexity index is 1250. The Hall–Kier alpha value is -3.66. The highest BCUT2D eigenvalue weighted by Gasteiger charge is 2.20. The molecule has 0 saturated heterocycles. The molecule has 1 amide bonds. The molecule has 0 aliphatic carbocycles. The van der Waals surface area contributed by atoms with Gasteiger partial charge in [0.15, 0.2) is 15.7 Å². The van der Waals surface area contributed by atoms with Gasteiger partial charge in [-0.1, -0.05) is 29.4 Å². The number of para-hydroxylation sites is 1. The largest absolute Gasteiger partial charge is 0.457 e. The summed E-state index contributed by atoms with van der Waals surface area (Å²) in [5.74, 6) is 0.635. The Labute approximate surface area is 186 Å². The van der Waals surface area contributed by atoms with Gasteiger partial charge in [-0.15, -0.1) is 0 Å². The van der Waals surface area contributed by atoms with E-state index >= 15 is 0 Å². The van der Waals surface area contributed by atoms with Crippen molar-refractivity contribution in [2.75, 3.05) is 11.1 Å². The van der Waals surface area contributed by atoms with Crippen LogP contribution in [0, 0.1) is 13.8 Å². The van der Waals surface area contributed by atoms with E-state index in [1.54, 1.807) is 31.2 Å². The van der Waals surface area contributed by atoms with E-state index in [9.17, 15) is 18.4 Å². The topological polar surface area (TPSA) is 123 Å². The van der Waals surface area contributed by atoms with Gasteiger partial charge >= 0.3 is 0 Å². The van der Waals surface area contributed by atoms with Crippen molar-refractivity contribution in [2.24, 2.45) is 5.16 Å². The van der Waals surface area contributed by atoms with Crippen molar-refractivity contribution >= 4 is 27.4 Å². The van der Waals surface area contributed by atoms with Crippen molar-refractivity contribution in [3.8, 4) is 11.5 Å². The summed E-state index contributed by atoms with van der Waals surface area (Å²) < 4.78 is 33.0. The third kappa shape index (κ3) is 5.52. The number of rotatable bonds is 7. The number of hydrogen-bond acceptors (Lipinski definition) is 7. The molecule has 0 radical (unpaired) electrons. The van der Waals surface area contributed by atoms with Gasteiger partial charge < -0.3 is 15.3 Å². The number of hydrogen-bond donors (Lipinski definition) is 2. The molecule has 0 atom stereocenters. The van der Waals surface area contributed by atoms with Gasteiger partial charge in [-0.25, -0.2) is 8.42 Å². The average molecular weight is 457 g/mol. The summed E-state index contributed by atoms with van der Waals surface area (Å²) in [6.07, 6.45) is -0.130. The second-order valence-electron chi connectivity index (χ2n) is 7.19. The van der Waals surface area contributed by atoms with E-state index in [0.717, 1.165) is 5.56 Å². The van der Waals surface area contributed by atoms with Crippen LogP contribution in [0.3, 0.4) is 0 Å². The maximum atomic E-state index is 13.0. The van der Waals surface area contributed by atoms with Crippen molar-refractivity contribution in [3.05, 3.63) is 65.9 Å². The predicted octanol–water partition coefficient (Wildman–Crippen LogP) is 3.75. The van der Waals surface area contributed by atoms with Crippen LogP contribution in [-0.2, 0) is 14.6 Å². The van der Waals surface area contributed by atoms with Crippen molar-refractivity contribution in [1.82, 2.24) is 9.78 Å². The van der Waals surface area contributed by atoms with Crippen LogP contribution in [0.4, 0.5) is 5.82 Å². The maximum absolute atomic E-state index is 13.0. The molecule has 3 aromatic rings. The Morgan fingerprint density at radius 2 is 1.88 bits per heavy atom. The highest BCUT2D eigenvalue weighted by molar-refractivity contribution is 7.91. The molecule has 3 rings (SSSR count). The minimum Gasteiger partial charge on any atom is -0.457 e. The molecular weight excluding hydrogens is 432 g/mol. The first-order valence-corrected chi connectivity index (χ1v) is 11.5. The second-order valence-corrected chi connectivity index (χ2v) is 9.30. The van der Waals surface area contributed by atoms with Gasteiger partial charge in [0.25, 0.3) is 0 Å². The molecular formula is C22H24N4O5S. The molecule has 2 aromatic carbocycles. The monoisotopic (exact) mass is 456 g/mol. The summed E-state index contributed by atoms with van der Waals surface area (Å²) in [6.45, 7) is 4.86. The molecule has 1 heterocycles. The van der Waals surface area contributed by atoms with E-state index < -0.39 is 9.84 Å². The number of benzene rings is 2. The van der Waals surface area contributed by atoms with Gasteiger partial charge in [-0.05, 0) is 43.7 Å². The molecule has 0 fully saturated rings. The predicted molar refractivity (Wildman–Crippen MR) is 120 cm³/mol. The Kier molecular flexibility index (Phi) is 6.94. The standard InChI is InChI=1S/C22H24N4O5S/c1-15-9-10-19(14-20(15)31-18-7-5-4-6-8-18)32(29,30)12-11-21(25-28)26-22(23-17(3)27)13-16(2)24-26/h4-10,13-14,28H,11-12H2,1-3H3,(H,23,27). The summed E-state index contributed by atoms with van der Waals surface area (Å²) >= 11 is 0. The summed E-state index contributed by atoms with van der Waals surface area (Å²) in [5, 5.41) is 19.4. The smallest absolute Gasteiger partial charge is 0.222 e. The number of sulfone groups is 1. The molecule has 0 saturated carbocycles. The van der Waals surface area contributed by atoms with E-state index in [-0.39, 0.29) is 34.6 Å². The summed E-state index contributed by atoms with van der Waals surface area (Å²) in [4.78, 5) is 11.5. The number of anilines is 1. The molecule has 0 unspecified atom stereocenters. The fourth-order valence-electron chi connectivity index (χ4n) is 3.01. The molecule has 0 bridgehead atoms. The van der Waals surface area contributed by atoms with E-state index in [2.05, 4.69) is 15.6 Å². The summed E-state index contributed by atoms with van der Waals surface area (Å²) in [6, 6.07) is 15.3. The first-order chi connectivity index (χ1) is 15.2. The molecule has 9 nitrogen and oxygen atoms in total. The molecule has 0 aliphatic heterocycles. The lowest BCUT2D eigenvalue weighted by molar-refractivity contribution is -0.114. The van der Waals surface area contributed by atoms with Crippen molar-refractivity contribution in [1.29, 1.82) is 0 Å². The number of amides is 1.